The fraction of sp³-hybridized carbons (Fsp3) is 0.467. The molecule has 20 heavy (non-hydrogen) atoms. The van der Waals surface area contributed by atoms with E-state index in [1.807, 2.05) is 18.2 Å². The Bertz CT molecular complexity index is 577. The number of nitrogen functional groups attached to an aromatic ring is 1. The second kappa shape index (κ2) is 6.05. The van der Waals surface area contributed by atoms with E-state index in [0.29, 0.717) is 5.82 Å². The van der Waals surface area contributed by atoms with Crippen LogP contribution < -0.4 is 11.1 Å². The van der Waals surface area contributed by atoms with Gasteiger partial charge in [0.05, 0.1) is 11.2 Å². The van der Waals surface area contributed by atoms with E-state index in [1.165, 1.54) is 32.4 Å². The molecule has 0 radical (unpaired) electrons. The monoisotopic (exact) mass is 271 g/mol. The van der Waals surface area contributed by atoms with Crippen molar-refractivity contribution in [2.45, 2.75) is 19.3 Å². The number of piperidine rings is 1. The number of fused-ring (bicyclic) bond motifs is 1. The van der Waals surface area contributed by atoms with Crippen molar-refractivity contribution in [2.75, 3.05) is 37.2 Å². The van der Waals surface area contributed by atoms with Crippen LogP contribution in [0.1, 0.15) is 19.3 Å². The fourth-order valence-electron chi connectivity index (χ4n) is 2.75. The number of anilines is 2. The summed E-state index contributed by atoms with van der Waals surface area (Å²) in [5, 5.41) is 3.45. The molecular formula is C15H21N5. The number of nitrogens with zero attached hydrogens (tertiary/aromatic N) is 3. The molecule has 5 nitrogen and oxygen atoms in total. The second-order valence-electron chi connectivity index (χ2n) is 5.29. The van der Waals surface area contributed by atoms with Crippen LogP contribution in [0, 0.1) is 0 Å². The summed E-state index contributed by atoms with van der Waals surface area (Å²) < 4.78 is 0. The molecule has 1 saturated heterocycles. The maximum atomic E-state index is 5.85. The Labute approximate surface area is 119 Å². The van der Waals surface area contributed by atoms with Gasteiger partial charge in [0.2, 0.25) is 0 Å². The number of hydrogen-bond donors (Lipinski definition) is 2. The highest BCUT2D eigenvalue weighted by Gasteiger charge is 2.10. The summed E-state index contributed by atoms with van der Waals surface area (Å²) in [6.07, 6.45) is 5.81. The third kappa shape index (κ3) is 2.99. The van der Waals surface area contributed by atoms with E-state index in [0.717, 1.165) is 29.8 Å². The zero-order valence-electron chi connectivity index (χ0n) is 11.7. The first-order valence-electron chi connectivity index (χ1n) is 7.30. The van der Waals surface area contributed by atoms with E-state index in [-0.39, 0.29) is 0 Å². The Hall–Kier alpha value is -1.88. The fourth-order valence-corrected chi connectivity index (χ4v) is 2.75. The zero-order chi connectivity index (χ0) is 13.8. The highest BCUT2D eigenvalue weighted by molar-refractivity contribution is 5.89. The summed E-state index contributed by atoms with van der Waals surface area (Å²) in [7, 11) is 0. The third-order valence-electron chi connectivity index (χ3n) is 3.78. The van der Waals surface area contributed by atoms with Crippen molar-refractivity contribution >= 4 is 22.5 Å². The molecule has 2 aromatic rings. The van der Waals surface area contributed by atoms with Crippen LogP contribution in [0.15, 0.2) is 24.4 Å². The Kier molecular flexibility index (Phi) is 3.97. The highest BCUT2D eigenvalue weighted by Crippen LogP contribution is 2.21. The van der Waals surface area contributed by atoms with Crippen molar-refractivity contribution in [2.24, 2.45) is 0 Å². The molecule has 0 unspecified atom stereocenters. The highest BCUT2D eigenvalue weighted by atomic mass is 15.1. The van der Waals surface area contributed by atoms with Gasteiger partial charge in [0.15, 0.2) is 0 Å². The summed E-state index contributed by atoms with van der Waals surface area (Å²) in [6, 6.07) is 5.69. The molecule has 0 aliphatic carbocycles. The van der Waals surface area contributed by atoms with Crippen LogP contribution in [-0.4, -0.2) is 41.0 Å². The number of nitrogens with one attached hydrogen (secondary N) is 1. The molecule has 3 rings (SSSR count). The minimum atomic E-state index is 0.533. The zero-order valence-corrected chi connectivity index (χ0v) is 11.7. The van der Waals surface area contributed by atoms with Gasteiger partial charge in [-0.05, 0) is 38.1 Å². The molecule has 106 valence electrons. The Morgan fingerprint density at radius 1 is 1.25 bits per heavy atom. The molecule has 0 atom stereocenters. The molecule has 2 aromatic heterocycles. The topological polar surface area (TPSA) is 67.1 Å². The average Bonchev–Trinajstić information content (AvgIpc) is 2.48. The standard InChI is InChI=1S/C15H21N5/c16-14-11-13(15-12(19-14)5-4-6-18-15)17-7-10-20-8-2-1-3-9-20/h4-6,11H,1-3,7-10H2,(H3,16,17,19). The molecule has 0 spiro atoms. The van der Waals surface area contributed by atoms with Crippen LogP contribution in [0.3, 0.4) is 0 Å². The van der Waals surface area contributed by atoms with Gasteiger partial charge in [-0.25, -0.2) is 4.98 Å². The lowest BCUT2D eigenvalue weighted by Crippen LogP contribution is -2.33. The molecule has 0 aromatic carbocycles. The van der Waals surface area contributed by atoms with E-state index in [2.05, 4.69) is 20.2 Å². The van der Waals surface area contributed by atoms with E-state index < -0.39 is 0 Å². The predicted molar refractivity (Wildman–Crippen MR) is 82.7 cm³/mol. The number of nitrogens with two attached hydrogens (primary N) is 1. The molecule has 3 heterocycles. The van der Waals surface area contributed by atoms with E-state index >= 15 is 0 Å². The van der Waals surface area contributed by atoms with Crippen molar-refractivity contribution in [1.29, 1.82) is 0 Å². The maximum absolute atomic E-state index is 5.85. The number of pyridine rings is 2. The third-order valence-corrected chi connectivity index (χ3v) is 3.78. The van der Waals surface area contributed by atoms with Crippen molar-refractivity contribution < 1.29 is 0 Å². The van der Waals surface area contributed by atoms with E-state index in [4.69, 9.17) is 5.73 Å². The van der Waals surface area contributed by atoms with Crippen LogP contribution >= 0.6 is 0 Å². The predicted octanol–water partition coefficient (Wildman–Crippen LogP) is 2.11. The summed E-state index contributed by atoms with van der Waals surface area (Å²) in [4.78, 5) is 11.2. The summed E-state index contributed by atoms with van der Waals surface area (Å²) >= 11 is 0. The van der Waals surface area contributed by atoms with Gasteiger partial charge in [0.1, 0.15) is 11.3 Å². The molecule has 0 bridgehead atoms. The Morgan fingerprint density at radius 3 is 2.95 bits per heavy atom. The quantitative estimate of drug-likeness (QED) is 0.891. The smallest absolute Gasteiger partial charge is 0.126 e. The van der Waals surface area contributed by atoms with Crippen LogP contribution in [0.25, 0.3) is 11.0 Å². The second-order valence-corrected chi connectivity index (χ2v) is 5.29. The van der Waals surface area contributed by atoms with Crippen LogP contribution in [0.2, 0.25) is 0 Å². The minimum Gasteiger partial charge on any atom is -0.384 e. The van der Waals surface area contributed by atoms with Gasteiger partial charge < -0.3 is 16.0 Å². The number of rotatable bonds is 4. The van der Waals surface area contributed by atoms with Gasteiger partial charge in [-0.15, -0.1) is 0 Å². The van der Waals surface area contributed by atoms with Gasteiger partial charge in [-0.3, -0.25) is 4.98 Å². The maximum Gasteiger partial charge on any atom is 0.126 e. The number of hydrogen-bond acceptors (Lipinski definition) is 5. The average molecular weight is 271 g/mol. The number of aromatic nitrogens is 2. The lowest BCUT2D eigenvalue weighted by atomic mass is 10.1. The number of likely N-dealkylation sites (tertiary alicyclic amines) is 1. The van der Waals surface area contributed by atoms with Crippen LogP contribution in [0.5, 0.6) is 0 Å². The van der Waals surface area contributed by atoms with Crippen LogP contribution in [-0.2, 0) is 0 Å². The van der Waals surface area contributed by atoms with Crippen molar-refractivity contribution in [1.82, 2.24) is 14.9 Å². The summed E-state index contributed by atoms with van der Waals surface area (Å²) in [5.74, 6) is 0.533. The molecule has 0 saturated carbocycles. The van der Waals surface area contributed by atoms with Crippen molar-refractivity contribution in [3.8, 4) is 0 Å². The van der Waals surface area contributed by atoms with Gasteiger partial charge >= 0.3 is 0 Å². The van der Waals surface area contributed by atoms with Crippen molar-refractivity contribution in [3.05, 3.63) is 24.4 Å². The molecule has 0 amide bonds. The van der Waals surface area contributed by atoms with Gasteiger partial charge in [-0.1, -0.05) is 6.42 Å². The molecular weight excluding hydrogens is 250 g/mol. The molecule has 3 N–H and O–H groups in total. The molecule has 1 aliphatic rings. The molecule has 1 aliphatic heterocycles. The van der Waals surface area contributed by atoms with E-state index in [1.54, 1.807) is 6.20 Å². The van der Waals surface area contributed by atoms with Crippen molar-refractivity contribution in [3.63, 3.8) is 0 Å². The van der Waals surface area contributed by atoms with Gasteiger partial charge in [0, 0.05) is 25.4 Å². The van der Waals surface area contributed by atoms with Gasteiger partial charge in [0.25, 0.3) is 0 Å². The first kappa shape index (κ1) is 13.1. The summed E-state index contributed by atoms with van der Waals surface area (Å²) in [5.41, 5.74) is 8.56. The largest absolute Gasteiger partial charge is 0.384 e. The van der Waals surface area contributed by atoms with E-state index in [9.17, 15) is 0 Å². The lowest BCUT2D eigenvalue weighted by molar-refractivity contribution is 0.237. The minimum absolute atomic E-state index is 0.533. The SMILES string of the molecule is Nc1cc(NCCN2CCCCC2)c2ncccc2n1. The van der Waals surface area contributed by atoms with Gasteiger partial charge in [-0.2, -0.15) is 0 Å². The summed E-state index contributed by atoms with van der Waals surface area (Å²) in [6.45, 7) is 4.42. The van der Waals surface area contributed by atoms with Crippen LogP contribution in [0.4, 0.5) is 11.5 Å². The normalized spacial score (nSPS) is 16.4. The Morgan fingerprint density at radius 2 is 2.10 bits per heavy atom. The lowest BCUT2D eigenvalue weighted by Gasteiger charge is -2.26. The molecule has 1 fully saturated rings. The molecule has 5 heteroatoms. The first-order valence-corrected chi connectivity index (χ1v) is 7.30. The Balaban J connectivity index is 1.67. The first-order chi connectivity index (χ1) is 9.83.